The van der Waals surface area contributed by atoms with Crippen LogP contribution in [-0.2, 0) is 6.54 Å². The monoisotopic (exact) mass is 260 g/mol. The Morgan fingerprint density at radius 2 is 1.95 bits per heavy atom. The molecule has 100 valence electrons. The first kappa shape index (κ1) is 13.2. The van der Waals surface area contributed by atoms with Crippen LogP contribution in [0.15, 0.2) is 40.8 Å². The predicted octanol–water partition coefficient (Wildman–Crippen LogP) is 2.02. The zero-order chi connectivity index (χ0) is 13.8. The van der Waals surface area contributed by atoms with Crippen LogP contribution < -0.4 is 15.4 Å². The van der Waals surface area contributed by atoms with Crippen molar-refractivity contribution < 1.29 is 13.9 Å². The molecule has 2 rings (SSSR count). The molecule has 2 aromatic rings. The van der Waals surface area contributed by atoms with Crippen molar-refractivity contribution in [2.24, 2.45) is 5.73 Å². The van der Waals surface area contributed by atoms with Gasteiger partial charge in [-0.05, 0) is 36.4 Å². The highest BCUT2D eigenvalue weighted by molar-refractivity contribution is 6.03. The minimum absolute atomic E-state index is 0.218. The Hall–Kier alpha value is -2.27. The highest BCUT2D eigenvalue weighted by atomic mass is 16.5. The van der Waals surface area contributed by atoms with Crippen LogP contribution in [0.5, 0.6) is 5.75 Å². The minimum atomic E-state index is -0.218. The van der Waals surface area contributed by atoms with Gasteiger partial charge in [0.05, 0.1) is 13.7 Å². The first-order valence-electron chi connectivity index (χ1n) is 5.86. The Morgan fingerprint density at radius 1 is 1.26 bits per heavy atom. The molecule has 2 N–H and O–H groups in total. The number of furan rings is 1. The van der Waals surface area contributed by atoms with E-state index in [1.54, 1.807) is 38.4 Å². The Morgan fingerprint density at radius 3 is 2.47 bits per heavy atom. The zero-order valence-corrected chi connectivity index (χ0v) is 10.9. The first-order chi connectivity index (χ1) is 9.15. The second-order valence-electron chi connectivity index (χ2n) is 4.03. The lowest BCUT2D eigenvalue weighted by Crippen LogP contribution is -2.25. The van der Waals surface area contributed by atoms with Gasteiger partial charge in [-0.25, -0.2) is 0 Å². The zero-order valence-electron chi connectivity index (χ0n) is 10.9. The Kier molecular flexibility index (Phi) is 3.87. The summed E-state index contributed by atoms with van der Waals surface area (Å²) < 4.78 is 10.4. The van der Waals surface area contributed by atoms with Crippen molar-refractivity contribution in [3.63, 3.8) is 0 Å². The molecule has 0 spiro atoms. The van der Waals surface area contributed by atoms with Gasteiger partial charge in [-0.3, -0.25) is 4.79 Å². The van der Waals surface area contributed by atoms with Crippen LogP contribution in [0.1, 0.15) is 16.3 Å². The third kappa shape index (κ3) is 2.77. The van der Waals surface area contributed by atoms with Crippen LogP contribution in [0.3, 0.4) is 0 Å². The fourth-order valence-electron chi connectivity index (χ4n) is 1.69. The number of benzene rings is 1. The summed E-state index contributed by atoms with van der Waals surface area (Å²) in [5.41, 5.74) is 6.21. The fraction of sp³-hybridized carbons (Fsp3) is 0.214. The van der Waals surface area contributed by atoms with Crippen molar-refractivity contribution in [2.45, 2.75) is 6.54 Å². The summed E-state index contributed by atoms with van der Waals surface area (Å²) in [6.45, 7) is 0.277. The topological polar surface area (TPSA) is 68.7 Å². The lowest BCUT2D eigenvalue weighted by Gasteiger charge is -2.16. The number of carbonyl (C=O) groups excluding carboxylic acids is 1. The highest BCUT2D eigenvalue weighted by Crippen LogP contribution is 2.20. The van der Waals surface area contributed by atoms with Crippen molar-refractivity contribution in [3.05, 3.63) is 47.9 Å². The lowest BCUT2D eigenvalue weighted by atomic mass is 10.2. The molecule has 5 nitrogen and oxygen atoms in total. The molecule has 1 amide bonds. The number of amides is 1. The maximum Gasteiger partial charge on any atom is 0.293 e. The Labute approximate surface area is 111 Å². The Balaban J connectivity index is 2.17. The van der Waals surface area contributed by atoms with Gasteiger partial charge in [0.15, 0.2) is 5.76 Å². The normalized spacial score (nSPS) is 10.3. The average Bonchev–Trinajstić information content (AvgIpc) is 2.94. The third-order valence-corrected chi connectivity index (χ3v) is 2.84. The van der Waals surface area contributed by atoms with Gasteiger partial charge in [-0.1, -0.05) is 0 Å². The summed E-state index contributed by atoms with van der Waals surface area (Å²) in [6.07, 6.45) is 0. The van der Waals surface area contributed by atoms with Gasteiger partial charge in [0.2, 0.25) is 0 Å². The number of hydrogen-bond acceptors (Lipinski definition) is 4. The van der Waals surface area contributed by atoms with Crippen molar-refractivity contribution in [1.29, 1.82) is 0 Å². The number of anilines is 1. The van der Waals surface area contributed by atoms with Crippen LogP contribution in [-0.4, -0.2) is 20.1 Å². The molecule has 0 aliphatic carbocycles. The highest BCUT2D eigenvalue weighted by Gasteiger charge is 2.17. The van der Waals surface area contributed by atoms with Crippen LogP contribution in [0.2, 0.25) is 0 Å². The van der Waals surface area contributed by atoms with Crippen molar-refractivity contribution in [1.82, 2.24) is 0 Å². The van der Waals surface area contributed by atoms with Crippen molar-refractivity contribution in [3.8, 4) is 5.75 Å². The Bertz CT molecular complexity index is 560. The summed E-state index contributed by atoms with van der Waals surface area (Å²) in [6, 6.07) is 10.5. The van der Waals surface area contributed by atoms with Gasteiger partial charge in [0.1, 0.15) is 11.5 Å². The van der Waals surface area contributed by atoms with E-state index >= 15 is 0 Å². The van der Waals surface area contributed by atoms with Gasteiger partial charge < -0.3 is 19.8 Å². The standard InChI is InChI=1S/C14H16N2O3/c1-16(10-3-5-11(18-2)6-4-10)14(17)13-8-7-12(9-15)19-13/h3-8H,9,15H2,1-2H3. The molecule has 1 heterocycles. The number of carbonyl (C=O) groups is 1. The second kappa shape index (κ2) is 5.58. The molecule has 0 atom stereocenters. The van der Waals surface area contributed by atoms with Gasteiger partial charge in [-0.2, -0.15) is 0 Å². The van der Waals surface area contributed by atoms with Gasteiger partial charge in [0.25, 0.3) is 5.91 Å². The van der Waals surface area contributed by atoms with E-state index in [4.69, 9.17) is 14.9 Å². The van der Waals surface area contributed by atoms with Crippen LogP contribution in [0.25, 0.3) is 0 Å². The summed E-state index contributed by atoms with van der Waals surface area (Å²) in [5, 5.41) is 0. The van der Waals surface area contributed by atoms with Crippen molar-refractivity contribution >= 4 is 11.6 Å². The predicted molar refractivity (Wildman–Crippen MR) is 72.3 cm³/mol. The molecule has 0 radical (unpaired) electrons. The van der Waals surface area contributed by atoms with Gasteiger partial charge in [-0.15, -0.1) is 0 Å². The molecule has 0 fully saturated rings. The van der Waals surface area contributed by atoms with Crippen LogP contribution >= 0.6 is 0 Å². The van der Waals surface area contributed by atoms with E-state index in [2.05, 4.69) is 0 Å². The molecule has 1 aromatic heterocycles. The first-order valence-corrected chi connectivity index (χ1v) is 5.86. The van der Waals surface area contributed by atoms with Crippen molar-refractivity contribution in [2.75, 3.05) is 19.1 Å². The molecule has 1 aromatic carbocycles. The molecular formula is C14H16N2O3. The van der Waals surface area contributed by atoms with E-state index in [-0.39, 0.29) is 18.2 Å². The molecule has 19 heavy (non-hydrogen) atoms. The SMILES string of the molecule is COc1ccc(N(C)C(=O)c2ccc(CN)o2)cc1. The fourth-order valence-corrected chi connectivity index (χ4v) is 1.69. The molecular weight excluding hydrogens is 244 g/mol. The molecule has 5 heteroatoms. The summed E-state index contributed by atoms with van der Waals surface area (Å²) in [7, 11) is 3.29. The summed E-state index contributed by atoms with van der Waals surface area (Å²) in [5.74, 6) is 1.39. The summed E-state index contributed by atoms with van der Waals surface area (Å²) in [4.78, 5) is 13.7. The average molecular weight is 260 g/mol. The van der Waals surface area contributed by atoms with E-state index in [0.717, 1.165) is 11.4 Å². The van der Waals surface area contributed by atoms with E-state index in [9.17, 15) is 4.79 Å². The maximum atomic E-state index is 12.2. The molecule has 0 aliphatic rings. The minimum Gasteiger partial charge on any atom is -0.497 e. The molecule has 0 unspecified atom stereocenters. The van der Waals surface area contributed by atoms with E-state index in [1.165, 1.54) is 4.90 Å². The lowest BCUT2D eigenvalue weighted by molar-refractivity contribution is 0.0965. The van der Waals surface area contributed by atoms with E-state index in [0.29, 0.717) is 5.76 Å². The number of nitrogens with two attached hydrogens (primary N) is 1. The number of hydrogen-bond donors (Lipinski definition) is 1. The third-order valence-electron chi connectivity index (χ3n) is 2.84. The van der Waals surface area contributed by atoms with E-state index in [1.807, 2.05) is 12.1 Å². The summed E-state index contributed by atoms with van der Waals surface area (Å²) >= 11 is 0. The molecule has 0 aliphatic heterocycles. The molecule has 0 saturated carbocycles. The van der Waals surface area contributed by atoms with Gasteiger partial charge in [0, 0.05) is 12.7 Å². The number of ether oxygens (including phenoxy) is 1. The van der Waals surface area contributed by atoms with Crippen LogP contribution in [0, 0.1) is 0 Å². The quantitative estimate of drug-likeness (QED) is 0.913. The number of methoxy groups -OCH3 is 1. The molecule has 0 bridgehead atoms. The maximum absolute atomic E-state index is 12.2. The van der Waals surface area contributed by atoms with E-state index < -0.39 is 0 Å². The second-order valence-corrected chi connectivity index (χ2v) is 4.03. The van der Waals surface area contributed by atoms with Crippen LogP contribution in [0.4, 0.5) is 5.69 Å². The smallest absolute Gasteiger partial charge is 0.293 e. The number of rotatable bonds is 4. The van der Waals surface area contributed by atoms with Gasteiger partial charge >= 0.3 is 0 Å². The number of nitrogens with zero attached hydrogens (tertiary/aromatic N) is 1. The molecule has 0 saturated heterocycles. The largest absolute Gasteiger partial charge is 0.497 e.